The van der Waals surface area contributed by atoms with Crippen LogP contribution in [0.4, 0.5) is 0 Å². The summed E-state index contributed by atoms with van der Waals surface area (Å²) in [6.45, 7) is 12.8. The van der Waals surface area contributed by atoms with Crippen LogP contribution in [0.3, 0.4) is 0 Å². The lowest BCUT2D eigenvalue weighted by Gasteiger charge is -2.21. The summed E-state index contributed by atoms with van der Waals surface area (Å²) >= 11 is 0. The van der Waals surface area contributed by atoms with E-state index < -0.39 is 0 Å². The number of rotatable bonds is 9. The highest BCUT2D eigenvalue weighted by Crippen LogP contribution is 2.14. The molecule has 0 aromatic carbocycles. The van der Waals surface area contributed by atoms with Gasteiger partial charge >= 0.3 is 0 Å². The molecule has 3 N–H and O–H groups in total. The second-order valence-electron chi connectivity index (χ2n) is 7.40. The third kappa shape index (κ3) is 11.8. The van der Waals surface area contributed by atoms with Gasteiger partial charge in [-0.2, -0.15) is 0 Å². The van der Waals surface area contributed by atoms with Gasteiger partial charge in [0.05, 0.1) is 0 Å². The van der Waals surface area contributed by atoms with Crippen LogP contribution in [-0.2, 0) is 14.3 Å². The zero-order valence-corrected chi connectivity index (χ0v) is 16.3. The summed E-state index contributed by atoms with van der Waals surface area (Å²) in [7, 11) is 0. The molecule has 1 saturated heterocycles. The first-order valence-electron chi connectivity index (χ1n) is 9.39. The fourth-order valence-electron chi connectivity index (χ4n) is 2.49. The number of amides is 1. The Bertz CT molecular complexity index is 402. The monoisotopic (exact) mass is 356 g/mol. The number of hydrogen-bond donors (Lipinski definition) is 3. The van der Waals surface area contributed by atoms with Crippen LogP contribution < -0.4 is 16.0 Å². The Balaban J connectivity index is 2.16. The Morgan fingerprint density at radius 1 is 1.24 bits per heavy atom. The highest BCUT2D eigenvalue weighted by atomic mass is 16.5. The van der Waals surface area contributed by atoms with Crippen molar-refractivity contribution in [1.82, 2.24) is 16.0 Å². The number of hydrogen-bond acceptors (Lipinski definition) is 4. The van der Waals surface area contributed by atoms with Crippen LogP contribution in [0.25, 0.3) is 0 Å². The van der Waals surface area contributed by atoms with E-state index in [0.29, 0.717) is 11.9 Å². The molecular weight excluding hydrogens is 320 g/mol. The molecule has 1 rings (SSSR count). The predicted molar refractivity (Wildman–Crippen MR) is 101 cm³/mol. The molecule has 7 heteroatoms. The van der Waals surface area contributed by atoms with Gasteiger partial charge in [0, 0.05) is 45.1 Å². The minimum atomic E-state index is -0.236. The lowest BCUT2D eigenvalue weighted by Crippen LogP contribution is -2.43. The molecule has 7 nitrogen and oxygen atoms in total. The van der Waals surface area contributed by atoms with Gasteiger partial charge in [-0.1, -0.05) is 0 Å². The molecular formula is C18H36N4O3. The number of carbonyl (C=O) groups excluding carboxylic acids is 1. The molecule has 1 aliphatic rings. The Labute approximate surface area is 152 Å². The van der Waals surface area contributed by atoms with Crippen molar-refractivity contribution in [2.75, 3.05) is 46.1 Å². The maximum atomic E-state index is 11.8. The lowest BCUT2D eigenvalue weighted by molar-refractivity contribution is -0.121. The van der Waals surface area contributed by atoms with Gasteiger partial charge in [-0.15, -0.1) is 0 Å². The van der Waals surface area contributed by atoms with Crippen molar-refractivity contribution in [2.24, 2.45) is 10.9 Å². The average molecular weight is 357 g/mol. The number of guanidine groups is 1. The summed E-state index contributed by atoms with van der Waals surface area (Å²) in [6, 6.07) is 0. The maximum absolute atomic E-state index is 11.8. The number of aliphatic imine (C=N–C) groups is 1. The number of carbonyl (C=O) groups is 1. The Kier molecular flexibility index (Phi) is 10.5. The van der Waals surface area contributed by atoms with Crippen LogP contribution in [0.1, 0.15) is 47.0 Å². The van der Waals surface area contributed by atoms with Gasteiger partial charge in [-0.3, -0.25) is 4.79 Å². The van der Waals surface area contributed by atoms with Crippen LogP contribution in [0.2, 0.25) is 0 Å². The second-order valence-corrected chi connectivity index (χ2v) is 7.40. The molecule has 0 spiro atoms. The highest BCUT2D eigenvalue weighted by molar-refractivity contribution is 5.85. The quantitative estimate of drug-likeness (QED) is 0.329. The molecule has 146 valence electrons. The first kappa shape index (κ1) is 21.7. The van der Waals surface area contributed by atoms with Crippen LogP contribution in [0.5, 0.6) is 0 Å². The van der Waals surface area contributed by atoms with E-state index >= 15 is 0 Å². The molecule has 0 atom stereocenters. The van der Waals surface area contributed by atoms with Crippen molar-refractivity contribution in [3.63, 3.8) is 0 Å². The van der Waals surface area contributed by atoms with Crippen molar-refractivity contribution in [3.8, 4) is 0 Å². The summed E-state index contributed by atoms with van der Waals surface area (Å²) in [6.07, 6.45) is 3.11. The van der Waals surface area contributed by atoms with E-state index in [4.69, 9.17) is 9.47 Å². The molecule has 1 amide bonds. The largest absolute Gasteiger partial charge is 0.381 e. The van der Waals surface area contributed by atoms with Gasteiger partial charge in [-0.25, -0.2) is 4.99 Å². The molecule has 0 aromatic rings. The van der Waals surface area contributed by atoms with Gasteiger partial charge in [0.1, 0.15) is 6.54 Å². The van der Waals surface area contributed by atoms with Crippen LogP contribution in [0, 0.1) is 5.92 Å². The Morgan fingerprint density at radius 2 is 1.96 bits per heavy atom. The normalized spacial score (nSPS) is 16.6. The van der Waals surface area contributed by atoms with Crippen molar-refractivity contribution < 1.29 is 14.3 Å². The molecule has 1 fully saturated rings. The van der Waals surface area contributed by atoms with Crippen LogP contribution in [-0.4, -0.2) is 63.5 Å². The molecule has 0 unspecified atom stereocenters. The van der Waals surface area contributed by atoms with E-state index in [1.54, 1.807) is 0 Å². The van der Waals surface area contributed by atoms with Gasteiger partial charge in [0.15, 0.2) is 5.96 Å². The fraction of sp³-hybridized carbons (Fsp3) is 0.889. The van der Waals surface area contributed by atoms with E-state index in [0.717, 1.165) is 58.8 Å². The zero-order chi connectivity index (χ0) is 18.5. The second kappa shape index (κ2) is 12.1. The third-order valence-electron chi connectivity index (χ3n) is 3.69. The van der Waals surface area contributed by atoms with E-state index in [9.17, 15) is 4.79 Å². The summed E-state index contributed by atoms with van der Waals surface area (Å²) in [5.74, 6) is 1.22. The molecule has 0 radical (unpaired) electrons. The zero-order valence-electron chi connectivity index (χ0n) is 16.3. The van der Waals surface area contributed by atoms with Gasteiger partial charge in [0.2, 0.25) is 5.91 Å². The van der Waals surface area contributed by atoms with Crippen LogP contribution in [0.15, 0.2) is 4.99 Å². The Morgan fingerprint density at radius 3 is 2.60 bits per heavy atom. The molecule has 0 aromatic heterocycles. The molecule has 1 heterocycles. The van der Waals surface area contributed by atoms with Gasteiger partial charge < -0.3 is 25.4 Å². The summed E-state index contributed by atoms with van der Waals surface area (Å²) in [5.41, 5.74) is -0.236. The third-order valence-corrected chi connectivity index (χ3v) is 3.69. The lowest BCUT2D eigenvalue weighted by atomic mass is 10.0. The van der Waals surface area contributed by atoms with E-state index in [-0.39, 0.29) is 18.0 Å². The summed E-state index contributed by atoms with van der Waals surface area (Å²) < 4.78 is 11.1. The average Bonchev–Trinajstić information content (AvgIpc) is 2.55. The van der Waals surface area contributed by atoms with Crippen LogP contribution >= 0.6 is 0 Å². The molecule has 1 aliphatic heterocycles. The number of nitrogens with one attached hydrogen (secondary N) is 3. The van der Waals surface area contributed by atoms with E-state index in [1.807, 2.05) is 27.7 Å². The smallest absolute Gasteiger partial charge is 0.242 e. The molecule has 0 aliphatic carbocycles. The van der Waals surface area contributed by atoms with Gasteiger partial charge in [0.25, 0.3) is 0 Å². The van der Waals surface area contributed by atoms with E-state index in [2.05, 4.69) is 20.9 Å². The molecule has 25 heavy (non-hydrogen) atoms. The van der Waals surface area contributed by atoms with Crippen molar-refractivity contribution in [1.29, 1.82) is 0 Å². The topological polar surface area (TPSA) is 84.0 Å². The maximum Gasteiger partial charge on any atom is 0.242 e. The number of ether oxygens (including phenoxy) is 2. The minimum Gasteiger partial charge on any atom is -0.381 e. The fourth-order valence-corrected chi connectivity index (χ4v) is 2.49. The SMILES string of the molecule is CCNC(=NCC(=O)NC(C)(C)C)NCCCOCC1CCOCC1. The standard InChI is InChI=1S/C18H36N4O3/c1-5-19-17(21-13-16(23)22-18(2,3)4)20-9-6-10-25-14-15-7-11-24-12-8-15/h15H,5-14H2,1-4H3,(H,22,23)(H2,19,20,21). The van der Waals surface area contributed by atoms with Crippen molar-refractivity contribution in [2.45, 2.75) is 52.5 Å². The van der Waals surface area contributed by atoms with Crippen molar-refractivity contribution in [3.05, 3.63) is 0 Å². The number of nitrogens with zero attached hydrogens (tertiary/aromatic N) is 1. The highest BCUT2D eigenvalue weighted by Gasteiger charge is 2.14. The van der Waals surface area contributed by atoms with Crippen molar-refractivity contribution >= 4 is 11.9 Å². The first-order chi connectivity index (χ1) is 11.9. The molecule has 0 saturated carbocycles. The minimum absolute atomic E-state index is 0.0792. The predicted octanol–water partition coefficient (Wildman–Crippen LogP) is 1.29. The Hall–Kier alpha value is -1.34. The van der Waals surface area contributed by atoms with Gasteiger partial charge in [-0.05, 0) is 52.9 Å². The van der Waals surface area contributed by atoms with E-state index in [1.165, 1.54) is 0 Å². The summed E-state index contributed by atoms with van der Waals surface area (Å²) in [5, 5.41) is 9.29. The molecule has 0 bridgehead atoms. The first-order valence-corrected chi connectivity index (χ1v) is 9.39. The summed E-state index contributed by atoms with van der Waals surface area (Å²) in [4.78, 5) is 16.1.